The highest BCUT2D eigenvalue weighted by atomic mass is 16.6. The summed E-state index contributed by atoms with van der Waals surface area (Å²) in [7, 11) is 3.57. The first-order chi connectivity index (χ1) is 13.7. The maximum atomic E-state index is 13.1. The Morgan fingerprint density at radius 2 is 1.96 bits per heavy atom. The number of likely N-dealkylation sites (N-methyl/N-ethyl adjacent to an activating group) is 1. The van der Waals surface area contributed by atoms with Crippen LogP contribution in [-0.4, -0.2) is 51.3 Å². The van der Waals surface area contributed by atoms with Gasteiger partial charge in [0, 0.05) is 13.6 Å². The lowest BCUT2D eigenvalue weighted by molar-refractivity contribution is -0.130. The summed E-state index contributed by atoms with van der Waals surface area (Å²) in [5, 5.41) is 0. The monoisotopic (exact) mass is 382 g/mol. The van der Waals surface area contributed by atoms with Crippen LogP contribution in [0.25, 0.3) is 0 Å². The Hall–Kier alpha value is -2.89. The number of anilines is 1. The van der Waals surface area contributed by atoms with E-state index in [0.29, 0.717) is 19.8 Å². The number of hydrogen-bond acceptors (Lipinski definition) is 5. The summed E-state index contributed by atoms with van der Waals surface area (Å²) in [5.41, 5.74) is 2.02. The number of methoxy groups -OCH3 is 1. The van der Waals surface area contributed by atoms with Crippen molar-refractivity contribution in [3.05, 3.63) is 48.0 Å². The summed E-state index contributed by atoms with van der Waals surface area (Å²) in [6.45, 7) is 2.22. The second-order valence-electron chi connectivity index (χ2n) is 7.18. The van der Waals surface area contributed by atoms with Gasteiger partial charge >= 0.3 is 0 Å². The first-order valence-corrected chi connectivity index (χ1v) is 9.70. The molecule has 1 saturated heterocycles. The molecule has 1 unspecified atom stereocenters. The van der Waals surface area contributed by atoms with Crippen LogP contribution in [0, 0.1) is 0 Å². The summed E-state index contributed by atoms with van der Waals surface area (Å²) in [6, 6.07) is 13.9. The van der Waals surface area contributed by atoms with Gasteiger partial charge in [-0.15, -0.1) is 0 Å². The van der Waals surface area contributed by atoms with E-state index >= 15 is 0 Å². The molecule has 2 aliphatic rings. The summed E-state index contributed by atoms with van der Waals surface area (Å²) >= 11 is 0. The Balaban J connectivity index is 1.49. The highest BCUT2D eigenvalue weighted by Gasteiger charge is 2.31. The Morgan fingerprint density at radius 3 is 2.79 bits per heavy atom. The first-order valence-electron chi connectivity index (χ1n) is 9.70. The van der Waals surface area contributed by atoms with Crippen molar-refractivity contribution in [2.75, 3.05) is 45.4 Å². The fourth-order valence-corrected chi connectivity index (χ4v) is 4.00. The smallest absolute Gasteiger partial charge is 0.242 e. The van der Waals surface area contributed by atoms with Gasteiger partial charge in [-0.05, 0) is 42.7 Å². The molecule has 0 N–H and O–H groups in total. The average molecular weight is 382 g/mol. The van der Waals surface area contributed by atoms with Crippen LogP contribution in [0.3, 0.4) is 0 Å². The van der Waals surface area contributed by atoms with Crippen molar-refractivity contribution >= 4 is 11.6 Å². The van der Waals surface area contributed by atoms with E-state index in [2.05, 4.69) is 0 Å². The number of carbonyl (C=O) groups is 1. The zero-order chi connectivity index (χ0) is 19.5. The predicted molar refractivity (Wildman–Crippen MR) is 107 cm³/mol. The molecule has 6 heteroatoms. The van der Waals surface area contributed by atoms with Gasteiger partial charge in [-0.1, -0.05) is 18.2 Å². The number of fused-ring (bicyclic) bond motifs is 1. The second-order valence-corrected chi connectivity index (χ2v) is 7.18. The minimum atomic E-state index is 0.0781. The molecule has 0 aromatic heterocycles. The molecule has 148 valence electrons. The molecular formula is C22H26N2O4. The third-order valence-corrected chi connectivity index (χ3v) is 5.39. The van der Waals surface area contributed by atoms with Crippen LogP contribution in [0.15, 0.2) is 42.5 Å². The minimum Gasteiger partial charge on any atom is -0.495 e. The summed E-state index contributed by atoms with van der Waals surface area (Å²) < 4.78 is 16.8. The Labute approximate surface area is 165 Å². The van der Waals surface area contributed by atoms with Gasteiger partial charge in [-0.3, -0.25) is 4.79 Å². The molecule has 28 heavy (non-hydrogen) atoms. The quantitative estimate of drug-likeness (QED) is 0.794. The minimum absolute atomic E-state index is 0.0781. The molecule has 2 heterocycles. The number of likely N-dealkylation sites (tertiary alicyclic amines) is 1. The van der Waals surface area contributed by atoms with Crippen molar-refractivity contribution in [1.29, 1.82) is 0 Å². The van der Waals surface area contributed by atoms with E-state index in [1.165, 1.54) is 0 Å². The van der Waals surface area contributed by atoms with Crippen molar-refractivity contribution in [2.24, 2.45) is 0 Å². The van der Waals surface area contributed by atoms with E-state index in [9.17, 15) is 4.79 Å². The lowest BCUT2D eigenvalue weighted by Crippen LogP contribution is -2.38. The SMILES string of the molecule is COc1ccccc1N(C)CC(=O)N1CCCC1c1ccc2c(c1)OCCO2. The Kier molecular flexibility index (Phi) is 5.28. The van der Waals surface area contributed by atoms with Crippen molar-refractivity contribution in [3.63, 3.8) is 0 Å². The van der Waals surface area contributed by atoms with Crippen LogP contribution >= 0.6 is 0 Å². The van der Waals surface area contributed by atoms with Gasteiger partial charge in [0.05, 0.1) is 25.4 Å². The van der Waals surface area contributed by atoms with Crippen LogP contribution in [0.1, 0.15) is 24.4 Å². The van der Waals surface area contributed by atoms with E-state index < -0.39 is 0 Å². The highest BCUT2D eigenvalue weighted by molar-refractivity contribution is 5.82. The maximum absolute atomic E-state index is 13.1. The first kappa shape index (κ1) is 18.5. The molecule has 4 rings (SSSR count). The molecule has 1 fully saturated rings. The average Bonchev–Trinajstić information content (AvgIpc) is 3.23. The number of carbonyl (C=O) groups excluding carboxylic acids is 1. The van der Waals surface area contributed by atoms with Crippen LogP contribution in [0.4, 0.5) is 5.69 Å². The lowest BCUT2D eigenvalue weighted by atomic mass is 10.0. The molecule has 1 atom stereocenters. The van der Waals surface area contributed by atoms with Crippen molar-refractivity contribution in [3.8, 4) is 17.2 Å². The van der Waals surface area contributed by atoms with Crippen LogP contribution < -0.4 is 19.1 Å². The maximum Gasteiger partial charge on any atom is 0.242 e. The van der Waals surface area contributed by atoms with E-state index in [1.54, 1.807) is 7.11 Å². The highest BCUT2D eigenvalue weighted by Crippen LogP contribution is 2.38. The lowest BCUT2D eigenvalue weighted by Gasteiger charge is -2.29. The largest absolute Gasteiger partial charge is 0.495 e. The molecule has 0 aliphatic carbocycles. The zero-order valence-corrected chi connectivity index (χ0v) is 16.4. The Morgan fingerprint density at radius 1 is 1.18 bits per heavy atom. The molecule has 2 aliphatic heterocycles. The van der Waals surface area contributed by atoms with Crippen molar-refractivity contribution < 1.29 is 19.0 Å². The van der Waals surface area contributed by atoms with Crippen LogP contribution in [0.5, 0.6) is 17.2 Å². The number of benzene rings is 2. The summed E-state index contributed by atoms with van der Waals surface area (Å²) in [6.07, 6.45) is 1.97. The summed E-state index contributed by atoms with van der Waals surface area (Å²) in [4.78, 5) is 17.0. The molecule has 0 bridgehead atoms. The van der Waals surface area contributed by atoms with Crippen LogP contribution in [0.2, 0.25) is 0 Å². The van der Waals surface area contributed by atoms with Gasteiger partial charge in [-0.2, -0.15) is 0 Å². The zero-order valence-electron chi connectivity index (χ0n) is 16.4. The van der Waals surface area contributed by atoms with Crippen molar-refractivity contribution in [2.45, 2.75) is 18.9 Å². The molecule has 0 radical (unpaired) electrons. The molecule has 2 aromatic carbocycles. The van der Waals surface area contributed by atoms with Gasteiger partial charge in [0.15, 0.2) is 11.5 Å². The van der Waals surface area contributed by atoms with Crippen molar-refractivity contribution in [1.82, 2.24) is 4.90 Å². The number of rotatable bonds is 5. The third-order valence-electron chi connectivity index (χ3n) is 5.39. The fourth-order valence-electron chi connectivity index (χ4n) is 4.00. The van der Waals surface area contributed by atoms with E-state index in [4.69, 9.17) is 14.2 Å². The van der Waals surface area contributed by atoms with Gasteiger partial charge in [0.25, 0.3) is 0 Å². The van der Waals surface area contributed by atoms with Gasteiger partial charge < -0.3 is 24.0 Å². The van der Waals surface area contributed by atoms with Gasteiger partial charge in [0.2, 0.25) is 5.91 Å². The molecule has 1 amide bonds. The van der Waals surface area contributed by atoms with Gasteiger partial charge in [0.1, 0.15) is 19.0 Å². The number of para-hydroxylation sites is 2. The third kappa shape index (κ3) is 3.59. The predicted octanol–water partition coefficient (Wildman–Crippen LogP) is 3.27. The molecule has 0 saturated carbocycles. The standard InChI is InChI=1S/C22H26N2O4/c1-23(18-6-3-4-8-19(18)26-2)15-22(25)24-11-5-7-17(24)16-9-10-20-21(14-16)28-13-12-27-20/h3-4,6,8-10,14,17H,5,7,11-13,15H2,1-2H3. The molecule has 6 nitrogen and oxygen atoms in total. The number of amides is 1. The molecule has 0 spiro atoms. The summed E-state index contributed by atoms with van der Waals surface area (Å²) in [5.74, 6) is 2.43. The second kappa shape index (κ2) is 8.00. The van der Waals surface area contributed by atoms with E-state index in [1.807, 2.05) is 59.3 Å². The Bertz CT molecular complexity index is 854. The van der Waals surface area contributed by atoms with E-state index in [-0.39, 0.29) is 11.9 Å². The van der Waals surface area contributed by atoms with Gasteiger partial charge in [-0.25, -0.2) is 0 Å². The molecule has 2 aromatic rings. The molecular weight excluding hydrogens is 356 g/mol. The topological polar surface area (TPSA) is 51.2 Å². The van der Waals surface area contributed by atoms with E-state index in [0.717, 1.165) is 47.9 Å². The number of nitrogens with zero attached hydrogens (tertiary/aromatic N) is 2. The van der Waals surface area contributed by atoms with Crippen LogP contribution in [-0.2, 0) is 4.79 Å². The fraction of sp³-hybridized carbons (Fsp3) is 0.409. The number of hydrogen-bond donors (Lipinski definition) is 0. The number of ether oxygens (including phenoxy) is 3. The normalized spacial score (nSPS) is 18.1.